The van der Waals surface area contributed by atoms with Gasteiger partial charge in [0.1, 0.15) is 0 Å². The monoisotopic (exact) mass is 197 g/mol. The van der Waals surface area contributed by atoms with Crippen molar-refractivity contribution in [3.05, 3.63) is 36.1 Å². The van der Waals surface area contributed by atoms with Gasteiger partial charge in [0.05, 0.1) is 25.0 Å². The molecule has 0 aliphatic heterocycles. The normalized spacial score (nSPS) is 16.8. The summed E-state index contributed by atoms with van der Waals surface area (Å²) in [7, 11) is 1.61. The van der Waals surface area contributed by atoms with Crippen molar-refractivity contribution in [3.63, 3.8) is 0 Å². The zero-order valence-corrected chi connectivity index (χ0v) is 9.03. The van der Waals surface area contributed by atoms with Gasteiger partial charge >= 0.3 is 0 Å². The summed E-state index contributed by atoms with van der Waals surface area (Å²) in [5, 5.41) is 9.19. The minimum absolute atomic E-state index is 0.414. The number of ether oxygens (including phenoxy) is 1. The second-order valence-electron chi connectivity index (χ2n) is 3.18. The van der Waals surface area contributed by atoms with Crippen molar-refractivity contribution < 1.29 is 9.84 Å². The number of aliphatic hydroxyl groups is 1. The first kappa shape index (κ1) is 12.9. The summed E-state index contributed by atoms with van der Waals surface area (Å²) in [4.78, 5) is 0. The SMILES string of the molecule is C=C(/C=C\C=C(/C)OC)[C@H](N)[C@H](C)O. The molecule has 0 saturated carbocycles. The molecule has 0 saturated heterocycles. The Kier molecular flexibility index (Phi) is 5.92. The molecule has 0 amide bonds. The maximum absolute atomic E-state index is 9.19. The van der Waals surface area contributed by atoms with Gasteiger partial charge in [-0.2, -0.15) is 0 Å². The minimum atomic E-state index is -0.584. The van der Waals surface area contributed by atoms with Crippen LogP contribution in [0.4, 0.5) is 0 Å². The summed E-state index contributed by atoms with van der Waals surface area (Å²) >= 11 is 0. The maximum Gasteiger partial charge on any atom is 0.0924 e. The molecular formula is C11H19NO2. The standard InChI is InChI=1S/C11H19NO2/c1-8(11(12)10(3)13)6-5-7-9(2)14-4/h5-7,10-11,13H,1,12H2,2-4H3/b6-5-,9-7+/t10-,11-/m0/s1. The van der Waals surface area contributed by atoms with Crippen LogP contribution in [0, 0.1) is 0 Å². The average Bonchev–Trinajstić information content (AvgIpc) is 2.15. The molecule has 0 spiro atoms. The topological polar surface area (TPSA) is 55.5 Å². The maximum atomic E-state index is 9.19. The zero-order chi connectivity index (χ0) is 11.1. The van der Waals surface area contributed by atoms with E-state index in [0.717, 1.165) is 5.76 Å². The highest BCUT2D eigenvalue weighted by Gasteiger charge is 2.09. The van der Waals surface area contributed by atoms with E-state index in [1.807, 2.05) is 6.92 Å². The largest absolute Gasteiger partial charge is 0.501 e. The van der Waals surface area contributed by atoms with Crippen molar-refractivity contribution in [2.75, 3.05) is 7.11 Å². The van der Waals surface area contributed by atoms with E-state index < -0.39 is 12.1 Å². The molecule has 0 aromatic heterocycles. The highest BCUT2D eigenvalue weighted by atomic mass is 16.5. The average molecular weight is 197 g/mol. The van der Waals surface area contributed by atoms with Gasteiger partial charge in [0.15, 0.2) is 0 Å². The van der Waals surface area contributed by atoms with E-state index in [-0.39, 0.29) is 0 Å². The lowest BCUT2D eigenvalue weighted by Crippen LogP contribution is -2.33. The summed E-state index contributed by atoms with van der Waals surface area (Å²) in [5.41, 5.74) is 6.35. The first-order chi connectivity index (χ1) is 6.49. The van der Waals surface area contributed by atoms with Crippen molar-refractivity contribution >= 4 is 0 Å². The molecule has 3 N–H and O–H groups in total. The number of nitrogens with two attached hydrogens (primary N) is 1. The van der Waals surface area contributed by atoms with Crippen LogP contribution < -0.4 is 5.73 Å². The third kappa shape index (κ3) is 4.84. The Morgan fingerprint density at radius 1 is 1.57 bits per heavy atom. The summed E-state index contributed by atoms with van der Waals surface area (Å²) in [6.07, 6.45) is 4.78. The molecule has 0 fully saturated rings. The summed E-state index contributed by atoms with van der Waals surface area (Å²) in [5.74, 6) is 0.805. The van der Waals surface area contributed by atoms with Crippen LogP contribution >= 0.6 is 0 Å². The van der Waals surface area contributed by atoms with Gasteiger partial charge in [0.2, 0.25) is 0 Å². The molecule has 0 rings (SSSR count). The van der Waals surface area contributed by atoms with Crippen LogP contribution in [0.15, 0.2) is 36.1 Å². The Hall–Kier alpha value is -1.06. The highest BCUT2D eigenvalue weighted by molar-refractivity contribution is 5.25. The van der Waals surface area contributed by atoms with Gasteiger partial charge in [-0.1, -0.05) is 18.7 Å². The van der Waals surface area contributed by atoms with E-state index in [4.69, 9.17) is 10.5 Å². The Morgan fingerprint density at radius 3 is 2.57 bits per heavy atom. The fraction of sp³-hybridized carbons (Fsp3) is 0.455. The van der Waals surface area contributed by atoms with Crippen molar-refractivity contribution in [1.29, 1.82) is 0 Å². The second-order valence-corrected chi connectivity index (χ2v) is 3.18. The van der Waals surface area contributed by atoms with Gasteiger partial charge in [-0.3, -0.25) is 0 Å². The van der Waals surface area contributed by atoms with E-state index in [2.05, 4.69) is 6.58 Å². The molecule has 0 aliphatic carbocycles. The molecule has 0 bridgehead atoms. The molecule has 0 aromatic carbocycles. The molecule has 0 heterocycles. The lowest BCUT2D eigenvalue weighted by molar-refractivity contribution is 0.177. The fourth-order valence-electron chi connectivity index (χ4n) is 0.796. The molecule has 3 nitrogen and oxygen atoms in total. The van der Waals surface area contributed by atoms with Gasteiger partial charge in [-0.25, -0.2) is 0 Å². The molecule has 0 radical (unpaired) electrons. The molecule has 2 atom stereocenters. The van der Waals surface area contributed by atoms with E-state index in [9.17, 15) is 5.11 Å². The van der Waals surface area contributed by atoms with Gasteiger partial charge in [0, 0.05) is 0 Å². The Labute approximate surface area is 85.6 Å². The highest BCUT2D eigenvalue weighted by Crippen LogP contribution is 2.04. The number of hydrogen-bond donors (Lipinski definition) is 2. The van der Waals surface area contributed by atoms with Crippen LogP contribution in [0.5, 0.6) is 0 Å². The smallest absolute Gasteiger partial charge is 0.0924 e. The number of hydrogen-bond acceptors (Lipinski definition) is 3. The van der Waals surface area contributed by atoms with Crippen LogP contribution in [-0.2, 0) is 4.74 Å². The van der Waals surface area contributed by atoms with Crippen LogP contribution in [0.3, 0.4) is 0 Å². The third-order valence-electron chi connectivity index (χ3n) is 1.91. The van der Waals surface area contributed by atoms with Crippen LogP contribution in [0.1, 0.15) is 13.8 Å². The predicted molar refractivity (Wildman–Crippen MR) is 58.7 cm³/mol. The number of rotatable bonds is 5. The van der Waals surface area contributed by atoms with Gasteiger partial charge in [-0.15, -0.1) is 0 Å². The van der Waals surface area contributed by atoms with Crippen LogP contribution in [-0.4, -0.2) is 24.4 Å². The molecule has 0 unspecified atom stereocenters. The van der Waals surface area contributed by atoms with Gasteiger partial charge in [0.25, 0.3) is 0 Å². The molecule has 3 heteroatoms. The zero-order valence-electron chi connectivity index (χ0n) is 9.03. The quantitative estimate of drug-likeness (QED) is 0.517. The second kappa shape index (κ2) is 6.40. The van der Waals surface area contributed by atoms with Crippen molar-refractivity contribution in [2.24, 2.45) is 5.73 Å². The predicted octanol–water partition coefficient (Wildman–Crippen LogP) is 1.36. The lowest BCUT2D eigenvalue weighted by Gasteiger charge is -2.14. The Bertz CT molecular complexity index is 242. The van der Waals surface area contributed by atoms with Gasteiger partial charge < -0.3 is 15.6 Å². The fourth-order valence-corrected chi connectivity index (χ4v) is 0.796. The number of methoxy groups -OCH3 is 1. The van der Waals surface area contributed by atoms with E-state index in [1.165, 1.54) is 0 Å². The molecular weight excluding hydrogens is 178 g/mol. The lowest BCUT2D eigenvalue weighted by atomic mass is 10.1. The minimum Gasteiger partial charge on any atom is -0.501 e. The molecule has 14 heavy (non-hydrogen) atoms. The molecule has 80 valence electrons. The molecule has 0 aromatic rings. The van der Waals surface area contributed by atoms with Crippen molar-refractivity contribution in [1.82, 2.24) is 0 Å². The van der Waals surface area contributed by atoms with Gasteiger partial charge in [-0.05, 0) is 25.5 Å². The first-order valence-corrected chi connectivity index (χ1v) is 4.50. The number of allylic oxidation sites excluding steroid dienone is 3. The van der Waals surface area contributed by atoms with E-state index in [0.29, 0.717) is 5.57 Å². The number of aliphatic hydroxyl groups excluding tert-OH is 1. The molecule has 0 aliphatic rings. The summed E-state index contributed by atoms with van der Waals surface area (Å²) in [6, 6.07) is -0.414. The summed E-state index contributed by atoms with van der Waals surface area (Å²) in [6.45, 7) is 7.24. The van der Waals surface area contributed by atoms with Crippen molar-refractivity contribution in [3.8, 4) is 0 Å². The van der Waals surface area contributed by atoms with E-state index in [1.54, 1.807) is 32.3 Å². The Balaban J connectivity index is 4.19. The van der Waals surface area contributed by atoms with E-state index >= 15 is 0 Å². The van der Waals surface area contributed by atoms with Crippen LogP contribution in [0.25, 0.3) is 0 Å². The summed E-state index contributed by atoms with van der Waals surface area (Å²) < 4.78 is 4.94. The van der Waals surface area contributed by atoms with Crippen molar-refractivity contribution in [2.45, 2.75) is 26.0 Å². The van der Waals surface area contributed by atoms with Crippen LogP contribution in [0.2, 0.25) is 0 Å². The Morgan fingerprint density at radius 2 is 2.14 bits per heavy atom. The first-order valence-electron chi connectivity index (χ1n) is 4.50. The third-order valence-corrected chi connectivity index (χ3v) is 1.91.